The highest BCUT2D eigenvalue weighted by Crippen LogP contribution is 2.18. The standard InChI is InChI=1S/C15H29N5O/c1-2-5-13(14(16)17)19-8-10-20(11-9-19)15(21)18-12-6-3-4-7-12/h12-13H,2-11H2,1H3,(H3,16,17)(H,18,21). The molecular formula is C15H29N5O. The third kappa shape index (κ3) is 4.33. The molecule has 1 aliphatic heterocycles. The number of carbonyl (C=O) groups is 1. The molecule has 6 nitrogen and oxygen atoms in total. The fourth-order valence-corrected chi connectivity index (χ4v) is 3.38. The summed E-state index contributed by atoms with van der Waals surface area (Å²) in [4.78, 5) is 16.4. The monoisotopic (exact) mass is 295 g/mol. The van der Waals surface area contributed by atoms with E-state index in [1.54, 1.807) is 0 Å². The van der Waals surface area contributed by atoms with Crippen molar-refractivity contribution < 1.29 is 4.79 Å². The Morgan fingerprint density at radius 1 is 1.29 bits per heavy atom. The summed E-state index contributed by atoms with van der Waals surface area (Å²) in [5, 5.41) is 10.9. The molecule has 1 saturated heterocycles. The van der Waals surface area contributed by atoms with Gasteiger partial charge in [-0.1, -0.05) is 26.2 Å². The van der Waals surface area contributed by atoms with Crippen LogP contribution < -0.4 is 11.1 Å². The van der Waals surface area contributed by atoms with Crippen molar-refractivity contribution in [3.63, 3.8) is 0 Å². The molecule has 21 heavy (non-hydrogen) atoms. The second-order valence-corrected chi connectivity index (χ2v) is 6.21. The van der Waals surface area contributed by atoms with Gasteiger partial charge in [0.1, 0.15) is 5.84 Å². The van der Waals surface area contributed by atoms with E-state index in [1.807, 2.05) is 4.90 Å². The van der Waals surface area contributed by atoms with Crippen LogP contribution in [0, 0.1) is 5.41 Å². The number of amides is 2. The molecule has 2 rings (SSSR count). The van der Waals surface area contributed by atoms with E-state index in [1.165, 1.54) is 12.8 Å². The summed E-state index contributed by atoms with van der Waals surface area (Å²) >= 11 is 0. The molecule has 6 heteroatoms. The van der Waals surface area contributed by atoms with Crippen LogP contribution in [0.1, 0.15) is 45.4 Å². The van der Waals surface area contributed by atoms with E-state index in [9.17, 15) is 4.79 Å². The Morgan fingerprint density at radius 3 is 2.43 bits per heavy atom. The zero-order chi connectivity index (χ0) is 15.2. The van der Waals surface area contributed by atoms with Gasteiger partial charge in [0.15, 0.2) is 0 Å². The Balaban J connectivity index is 1.78. The van der Waals surface area contributed by atoms with Gasteiger partial charge in [-0.05, 0) is 19.3 Å². The van der Waals surface area contributed by atoms with Crippen LogP contribution in [0.2, 0.25) is 0 Å². The zero-order valence-electron chi connectivity index (χ0n) is 13.1. The largest absolute Gasteiger partial charge is 0.386 e. The fraction of sp³-hybridized carbons (Fsp3) is 0.867. The van der Waals surface area contributed by atoms with Gasteiger partial charge in [-0.15, -0.1) is 0 Å². The molecule has 0 radical (unpaired) electrons. The predicted octanol–water partition coefficient (Wildman–Crippen LogP) is 1.36. The number of nitrogens with one attached hydrogen (secondary N) is 2. The van der Waals surface area contributed by atoms with Gasteiger partial charge in [0.05, 0.1) is 6.04 Å². The number of hydrogen-bond donors (Lipinski definition) is 3. The number of piperazine rings is 1. The SMILES string of the molecule is CCCC(C(=N)N)N1CCN(C(=O)NC2CCCC2)CC1. The van der Waals surface area contributed by atoms with Gasteiger partial charge in [0.2, 0.25) is 0 Å². The van der Waals surface area contributed by atoms with Gasteiger partial charge in [0.25, 0.3) is 0 Å². The summed E-state index contributed by atoms with van der Waals surface area (Å²) in [6, 6.07) is 0.493. The molecule has 1 heterocycles. The molecule has 2 aliphatic rings. The Bertz CT molecular complexity index is 359. The quantitative estimate of drug-likeness (QED) is 0.529. The van der Waals surface area contributed by atoms with E-state index in [0.717, 1.165) is 51.9 Å². The van der Waals surface area contributed by atoms with Gasteiger partial charge >= 0.3 is 6.03 Å². The number of nitrogens with two attached hydrogens (primary N) is 1. The molecule has 0 aromatic heterocycles. The van der Waals surface area contributed by atoms with Crippen molar-refractivity contribution in [1.29, 1.82) is 5.41 Å². The van der Waals surface area contributed by atoms with E-state index in [0.29, 0.717) is 6.04 Å². The highest BCUT2D eigenvalue weighted by Gasteiger charge is 2.28. The number of amidine groups is 1. The molecule has 0 aromatic carbocycles. The van der Waals surface area contributed by atoms with Crippen LogP contribution in [-0.2, 0) is 0 Å². The van der Waals surface area contributed by atoms with Crippen molar-refractivity contribution in [3.05, 3.63) is 0 Å². The highest BCUT2D eigenvalue weighted by molar-refractivity contribution is 5.82. The van der Waals surface area contributed by atoms with Crippen LogP contribution in [0.5, 0.6) is 0 Å². The van der Waals surface area contributed by atoms with Gasteiger partial charge in [-0.25, -0.2) is 4.79 Å². The first-order chi connectivity index (χ1) is 10.1. The van der Waals surface area contributed by atoms with Crippen LogP contribution in [0.3, 0.4) is 0 Å². The van der Waals surface area contributed by atoms with Crippen LogP contribution >= 0.6 is 0 Å². The maximum atomic E-state index is 12.2. The number of hydrogen-bond acceptors (Lipinski definition) is 3. The summed E-state index contributed by atoms with van der Waals surface area (Å²) in [5.41, 5.74) is 5.71. The third-order valence-electron chi connectivity index (χ3n) is 4.65. The highest BCUT2D eigenvalue weighted by atomic mass is 16.2. The van der Waals surface area contributed by atoms with E-state index in [4.69, 9.17) is 11.1 Å². The van der Waals surface area contributed by atoms with Crippen LogP contribution in [0.25, 0.3) is 0 Å². The summed E-state index contributed by atoms with van der Waals surface area (Å²) in [7, 11) is 0. The van der Waals surface area contributed by atoms with Gasteiger partial charge in [-0.3, -0.25) is 10.3 Å². The van der Waals surface area contributed by atoms with Crippen molar-refractivity contribution in [2.75, 3.05) is 26.2 Å². The third-order valence-corrected chi connectivity index (χ3v) is 4.65. The van der Waals surface area contributed by atoms with E-state index < -0.39 is 0 Å². The Hall–Kier alpha value is -1.30. The van der Waals surface area contributed by atoms with E-state index in [-0.39, 0.29) is 17.9 Å². The lowest BCUT2D eigenvalue weighted by molar-refractivity contribution is 0.122. The minimum atomic E-state index is 0.0371. The smallest absolute Gasteiger partial charge is 0.317 e. The molecule has 1 atom stereocenters. The lowest BCUT2D eigenvalue weighted by atomic mass is 10.1. The normalized spacial score (nSPS) is 22.2. The molecule has 0 bridgehead atoms. The van der Waals surface area contributed by atoms with Crippen molar-refractivity contribution in [1.82, 2.24) is 15.1 Å². The first-order valence-electron chi connectivity index (χ1n) is 8.25. The lowest BCUT2D eigenvalue weighted by Crippen LogP contribution is -2.57. The molecule has 1 saturated carbocycles. The molecule has 0 spiro atoms. The summed E-state index contributed by atoms with van der Waals surface area (Å²) < 4.78 is 0. The molecule has 1 aliphatic carbocycles. The van der Waals surface area contributed by atoms with Gasteiger partial charge < -0.3 is 16.0 Å². The van der Waals surface area contributed by atoms with Crippen molar-refractivity contribution >= 4 is 11.9 Å². The molecule has 1 unspecified atom stereocenters. The van der Waals surface area contributed by atoms with Crippen LogP contribution in [-0.4, -0.2) is 59.9 Å². The number of carbonyl (C=O) groups excluding carboxylic acids is 1. The van der Waals surface area contributed by atoms with E-state index >= 15 is 0 Å². The molecule has 2 fully saturated rings. The van der Waals surface area contributed by atoms with Gasteiger partial charge in [-0.2, -0.15) is 0 Å². The topological polar surface area (TPSA) is 85.5 Å². The first-order valence-corrected chi connectivity index (χ1v) is 8.25. The summed E-state index contributed by atoms with van der Waals surface area (Å²) in [6.45, 7) is 5.18. The van der Waals surface area contributed by atoms with Crippen molar-refractivity contribution in [2.24, 2.45) is 5.73 Å². The number of nitrogens with zero attached hydrogens (tertiary/aromatic N) is 2. The number of urea groups is 1. The summed E-state index contributed by atoms with van der Waals surface area (Å²) in [6.07, 6.45) is 6.64. The minimum Gasteiger partial charge on any atom is -0.386 e. The maximum absolute atomic E-state index is 12.2. The van der Waals surface area contributed by atoms with Crippen LogP contribution in [0.15, 0.2) is 0 Å². The average molecular weight is 295 g/mol. The maximum Gasteiger partial charge on any atom is 0.317 e. The van der Waals surface area contributed by atoms with Gasteiger partial charge in [0, 0.05) is 32.2 Å². The lowest BCUT2D eigenvalue weighted by Gasteiger charge is -2.39. The average Bonchev–Trinajstić information content (AvgIpc) is 2.97. The van der Waals surface area contributed by atoms with Crippen LogP contribution in [0.4, 0.5) is 4.79 Å². The Morgan fingerprint density at radius 2 is 1.90 bits per heavy atom. The molecule has 120 valence electrons. The predicted molar refractivity (Wildman–Crippen MR) is 84.5 cm³/mol. The fourth-order valence-electron chi connectivity index (χ4n) is 3.38. The second-order valence-electron chi connectivity index (χ2n) is 6.21. The zero-order valence-corrected chi connectivity index (χ0v) is 13.1. The summed E-state index contributed by atoms with van der Waals surface area (Å²) in [5.74, 6) is 0.251. The first kappa shape index (κ1) is 16.1. The molecule has 4 N–H and O–H groups in total. The molecule has 0 aromatic rings. The Labute approximate surface area is 127 Å². The van der Waals surface area contributed by atoms with Crippen molar-refractivity contribution in [3.8, 4) is 0 Å². The minimum absolute atomic E-state index is 0.0371. The molecular weight excluding hydrogens is 266 g/mol. The number of rotatable bonds is 5. The van der Waals surface area contributed by atoms with E-state index in [2.05, 4.69) is 17.1 Å². The molecule has 2 amide bonds. The Kier molecular flexibility index (Phi) is 5.85. The second kappa shape index (κ2) is 7.64. The van der Waals surface area contributed by atoms with Crippen molar-refractivity contribution in [2.45, 2.75) is 57.5 Å².